The van der Waals surface area contributed by atoms with Crippen LogP contribution in [-0.2, 0) is 0 Å². The Kier molecular flexibility index (Phi) is 5.43. The number of benzene rings is 1. The van der Waals surface area contributed by atoms with Gasteiger partial charge in [-0.1, -0.05) is 25.5 Å². The molecule has 0 N–H and O–H groups in total. The Morgan fingerprint density at radius 3 is 2.38 bits per heavy atom. The van der Waals surface area contributed by atoms with Gasteiger partial charge in [0.1, 0.15) is 6.17 Å². The monoisotopic (exact) mass is 300 g/mol. The maximum absolute atomic E-state index is 14.3. The van der Waals surface area contributed by atoms with Gasteiger partial charge in [-0.15, -0.1) is 0 Å². The fourth-order valence-electron chi connectivity index (χ4n) is 2.94. The van der Waals surface area contributed by atoms with Crippen LogP contribution in [0.5, 0.6) is 0 Å². The summed E-state index contributed by atoms with van der Waals surface area (Å²) in [5.41, 5.74) is 0.217. The minimum absolute atomic E-state index is 0.179. The lowest BCUT2D eigenvalue weighted by Gasteiger charge is -2.30. The fraction of sp³-hybridized carbons (Fsp3) is 0.529. The van der Waals surface area contributed by atoms with E-state index in [1.54, 1.807) is 0 Å². The van der Waals surface area contributed by atoms with Crippen LogP contribution in [0.1, 0.15) is 50.5 Å². The van der Waals surface area contributed by atoms with E-state index in [1.165, 1.54) is 0 Å². The molecule has 1 aromatic carbocycles. The van der Waals surface area contributed by atoms with Crippen LogP contribution in [0.15, 0.2) is 24.3 Å². The first-order valence-electron chi connectivity index (χ1n) is 7.48. The second-order valence-corrected chi connectivity index (χ2v) is 5.71. The molecular formula is C17H20F4. The molecule has 1 aliphatic rings. The predicted octanol–water partition coefficient (Wildman–Crippen LogP) is 5.68. The minimum Gasteiger partial charge on any atom is -0.247 e. The van der Waals surface area contributed by atoms with E-state index in [1.807, 2.05) is 6.08 Å². The van der Waals surface area contributed by atoms with Gasteiger partial charge in [-0.05, 0) is 49.3 Å². The summed E-state index contributed by atoms with van der Waals surface area (Å²) in [6, 6.07) is 1.84. The van der Waals surface area contributed by atoms with Crippen LogP contribution in [0.4, 0.5) is 17.6 Å². The molecule has 21 heavy (non-hydrogen) atoms. The van der Waals surface area contributed by atoms with Crippen molar-refractivity contribution in [2.75, 3.05) is 0 Å². The molecule has 0 saturated heterocycles. The first-order chi connectivity index (χ1) is 10.0. The zero-order chi connectivity index (χ0) is 15.4. The van der Waals surface area contributed by atoms with Gasteiger partial charge in [0.15, 0.2) is 17.5 Å². The highest BCUT2D eigenvalue weighted by molar-refractivity contribution is 5.25. The Bertz CT molecular complexity index is 487. The molecule has 0 bridgehead atoms. The van der Waals surface area contributed by atoms with Gasteiger partial charge in [-0.2, -0.15) is 0 Å². The molecule has 3 unspecified atom stereocenters. The number of unbranched alkanes of at least 4 members (excludes halogenated alkanes) is 1. The van der Waals surface area contributed by atoms with Crippen LogP contribution in [0.3, 0.4) is 0 Å². The first kappa shape index (κ1) is 16.1. The average molecular weight is 300 g/mol. The molecule has 1 aliphatic carbocycles. The molecule has 1 saturated carbocycles. The summed E-state index contributed by atoms with van der Waals surface area (Å²) in [6.45, 7) is 2.08. The molecule has 2 rings (SSSR count). The second kappa shape index (κ2) is 7.10. The molecule has 0 aliphatic heterocycles. The molecule has 0 nitrogen and oxygen atoms in total. The second-order valence-electron chi connectivity index (χ2n) is 5.71. The average Bonchev–Trinajstić information content (AvgIpc) is 2.45. The molecule has 0 aromatic heterocycles. The van der Waals surface area contributed by atoms with E-state index in [0.717, 1.165) is 31.4 Å². The molecule has 1 aromatic rings. The van der Waals surface area contributed by atoms with E-state index in [0.29, 0.717) is 12.8 Å². The summed E-state index contributed by atoms with van der Waals surface area (Å²) in [5.74, 6) is -4.36. The first-order valence-corrected chi connectivity index (χ1v) is 7.48. The highest BCUT2D eigenvalue weighted by Gasteiger charge is 2.31. The van der Waals surface area contributed by atoms with Crippen molar-refractivity contribution < 1.29 is 17.6 Å². The Morgan fingerprint density at radius 1 is 1.14 bits per heavy atom. The molecule has 3 atom stereocenters. The van der Waals surface area contributed by atoms with Gasteiger partial charge in [0, 0.05) is 5.92 Å². The third-order valence-corrected chi connectivity index (χ3v) is 4.11. The number of hydrogen-bond acceptors (Lipinski definition) is 0. The smallest absolute Gasteiger partial charge is 0.194 e. The van der Waals surface area contributed by atoms with Gasteiger partial charge < -0.3 is 0 Å². The summed E-state index contributed by atoms with van der Waals surface area (Å²) in [5, 5.41) is 0. The van der Waals surface area contributed by atoms with Gasteiger partial charge >= 0.3 is 0 Å². The number of rotatable bonds is 4. The molecule has 0 spiro atoms. The van der Waals surface area contributed by atoms with Crippen LogP contribution < -0.4 is 0 Å². The van der Waals surface area contributed by atoms with Crippen molar-refractivity contribution in [3.05, 3.63) is 47.3 Å². The van der Waals surface area contributed by atoms with Crippen LogP contribution in [0.2, 0.25) is 0 Å². The maximum atomic E-state index is 14.3. The van der Waals surface area contributed by atoms with Crippen LogP contribution in [-0.4, -0.2) is 6.17 Å². The number of hydrogen-bond donors (Lipinski definition) is 0. The van der Waals surface area contributed by atoms with Crippen LogP contribution in [0, 0.1) is 23.4 Å². The largest absolute Gasteiger partial charge is 0.247 e. The van der Waals surface area contributed by atoms with Gasteiger partial charge in [0.2, 0.25) is 0 Å². The molecule has 1 fully saturated rings. The van der Waals surface area contributed by atoms with E-state index in [-0.39, 0.29) is 11.5 Å². The Morgan fingerprint density at radius 2 is 1.81 bits per heavy atom. The van der Waals surface area contributed by atoms with Crippen molar-refractivity contribution in [1.29, 1.82) is 0 Å². The summed E-state index contributed by atoms with van der Waals surface area (Å²) in [4.78, 5) is 0. The van der Waals surface area contributed by atoms with E-state index in [2.05, 4.69) is 13.0 Å². The van der Waals surface area contributed by atoms with Crippen LogP contribution in [0.25, 0.3) is 0 Å². The predicted molar refractivity (Wildman–Crippen MR) is 75.3 cm³/mol. The quantitative estimate of drug-likeness (QED) is 0.381. The van der Waals surface area contributed by atoms with E-state index in [4.69, 9.17) is 0 Å². The lowest BCUT2D eigenvalue weighted by molar-refractivity contribution is 0.188. The van der Waals surface area contributed by atoms with E-state index >= 15 is 0 Å². The van der Waals surface area contributed by atoms with Crippen molar-refractivity contribution in [2.24, 2.45) is 5.92 Å². The molecule has 0 amide bonds. The number of allylic oxidation sites excluding steroid dienone is 2. The zero-order valence-electron chi connectivity index (χ0n) is 12.1. The Hall–Kier alpha value is -1.32. The Balaban J connectivity index is 2.07. The van der Waals surface area contributed by atoms with Crippen LogP contribution >= 0.6 is 0 Å². The molecule has 0 heterocycles. The normalized spacial score (nSPS) is 26.4. The zero-order valence-corrected chi connectivity index (χ0v) is 12.1. The SMILES string of the molecule is CCC/C=C/C1CCC(c2cc(F)c(F)c(F)c2)C(F)C1. The third kappa shape index (κ3) is 3.86. The molecular weight excluding hydrogens is 280 g/mol. The van der Waals surface area contributed by atoms with Crippen molar-refractivity contribution in [2.45, 2.75) is 51.1 Å². The van der Waals surface area contributed by atoms with Crippen molar-refractivity contribution in [3.8, 4) is 0 Å². The van der Waals surface area contributed by atoms with Gasteiger partial charge in [0.05, 0.1) is 0 Å². The minimum atomic E-state index is -1.50. The standard InChI is InChI=1S/C17H20F4/c1-2-3-4-5-11-6-7-13(14(18)8-11)12-9-15(19)17(21)16(20)10-12/h4-5,9-11,13-14H,2-3,6-8H2,1H3/b5-4+. The van der Waals surface area contributed by atoms with Gasteiger partial charge in [0.25, 0.3) is 0 Å². The Labute approximate surface area is 122 Å². The number of alkyl halides is 1. The van der Waals surface area contributed by atoms with Gasteiger partial charge in [-0.25, -0.2) is 17.6 Å². The molecule has 116 valence electrons. The molecule has 4 heteroatoms. The van der Waals surface area contributed by atoms with E-state index < -0.39 is 29.5 Å². The highest BCUT2D eigenvalue weighted by atomic mass is 19.2. The van der Waals surface area contributed by atoms with Crippen molar-refractivity contribution in [3.63, 3.8) is 0 Å². The maximum Gasteiger partial charge on any atom is 0.194 e. The van der Waals surface area contributed by atoms with Crippen molar-refractivity contribution in [1.82, 2.24) is 0 Å². The van der Waals surface area contributed by atoms with Crippen molar-refractivity contribution >= 4 is 0 Å². The summed E-state index contributed by atoms with van der Waals surface area (Å²) in [6.07, 6.45) is 6.64. The lowest BCUT2D eigenvalue weighted by atomic mass is 9.77. The van der Waals surface area contributed by atoms with Gasteiger partial charge in [-0.3, -0.25) is 0 Å². The summed E-state index contributed by atoms with van der Waals surface area (Å²) >= 11 is 0. The topological polar surface area (TPSA) is 0 Å². The number of halogens is 4. The third-order valence-electron chi connectivity index (χ3n) is 4.11. The van der Waals surface area contributed by atoms with E-state index in [9.17, 15) is 17.6 Å². The highest BCUT2D eigenvalue weighted by Crippen LogP contribution is 2.39. The molecule has 0 radical (unpaired) electrons. The fourth-order valence-corrected chi connectivity index (χ4v) is 2.94. The summed E-state index contributed by atoms with van der Waals surface area (Å²) in [7, 11) is 0. The summed E-state index contributed by atoms with van der Waals surface area (Å²) < 4.78 is 53.8. The lowest BCUT2D eigenvalue weighted by Crippen LogP contribution is -2.24.